The zero-order valence-electron chi connectivity index (χ0n) is 18.4. The Kier molecular flexibility index (Phi) is 5.62. The minimum absolute atomic E-state index is 0.108. The first-order chi connectivity index (χ1) is 16.6. The Hall–Kier alpha value is -4.71. The van der Waals surface area contributed by atoms with Crippen molar-refractivity contribution in [2.24, 2.45) is 0 Å². The molecule has 1 amide bonds. The second kappa shape index (κ2) is 9.03. The maximum Gasteiger partial charge on any atom is 0.228 e. The number of aromatic nitrogens is 2. The molecular formula is C28H23N5O. The van der Waals surface area contributed by atoms with Gasteiger partial charge in [-0.05, 0) is 41.5 Å². The van der Waals surface area contributed by atoms with Crippen LogP contribution in [-0.4, -0.2) is 21.6 Å². The van der Waals surface area contributed by atoms with E-state index in [0.29, 0.717) is 34.8 Å². The van der Waals surface area contributed by atoms with Gasteiger partial charge >= 0.3 is 0 Å². The summed E-state index contributed by atoms with van der Waals surface area (Å²) in [6, 6.07) is 26.9. The highest BCUT2D eigenvalue weighted by molar-refractivity contribution is 6.15. The van der Waals surface area contributed by atoms with Gasteiger partial charge in [-0.3, -0.25) is 15.2 Å². The third-order valence-corrected chi connectivity index (χ3v) is 5.68. The van der Waals surface area contributed by atoms with E-state index in [2.05, 4.69) is 15.3 Å². The summed E-state index contributed by atoms with van der Waals surface area (Å²) < 4.78 is 0. The molecule has 0 aliphatic carbocycles. The number of hydrogen-bond donors (Lipinski definition) is 4. The van der Waals surface area contributed by atoms with Crippen molar-refractivity contribution >= 4 is 33.9 Å². The van der Waals surface area contributed by atoms with E-state index in [-0.39, 0.29) is 5.91 Å². The lowest BCUT2D eigenvalue weighted by atomic mass is 9.99. The molecule has 0 saturated heterocycles. The molecule has 3 aromatic carbocycles. The number of carbonyl (C=O) groups excluding carboxylic acids is 1. The molecule has 0 fully saturated rings. The molecule has 5 aromatic rings. The molecule has 2 aromatic heterocycles. The summed E-state index contributed by atoms with van der Waals surface area (Å²) in [6.07, 6.45) is 3.64. The van der Waals surface area contributed by atoms with E-state index >= 15 is 0 Å². The van der Waals surface area contributed by atoms with Crippen LogP contribution in [0.3, 0.4) is 0 Å². The number of hydrogen-bond acceptors (Lipinski definition) is 4. The van der Waals surface area contributed by atoms with Gasteiger partial charge < -0.3 is 16.0 Å². The van der Waals surface area contributed by atoms with E-state index in [1.807, 2.05) is 78.9 Å². The molecule has 0 radical (unpaired) electrons. The molecular weight excluding hydrogens is 422 g/mol. The number of H-pyrrole nitrogens is 1. The van der Waals surface area contributed by atoms with Crippen molar-refractivity contribution < 1.29 is 4.79 Å². The van der Waals surface area contributed by atoms with Gasteiger partial charge in [0, 0.05) is 33.9 Å². The molecule has 6 nitrogen and oxygen atoms in total. The molecule has 2 heterocycles. The van der Waals surface area contributed by atoms with Crippen LogP contribution < -0.4 is 11.1 Å². The van der Waals surface area contributed by atoms with Gasteiger partial charge in [0.15, 0.2) is 0 Å². The molecule has 0 unspecified atom stereocenters. The van der Waals surface area contributed by atoms with Crippen molar-refractivity contribution in [3.63, 3.8) is 0 Å². The second-order valence-electron chi connectivity index (χ2n) is 8.12. The second-order valence-corrected chi connectivity index (χ2v) is 8.12. The van der Waals surface area contributed by atoms with Crippen LogP contribution >= 0.6 is 0 Å². The van der Waals surface area contributed by atoms with E-state index in [9.17, 15) is 4.79 Å². The van der Waals surface area contributed by atoms with Crippen molar-refractivity contribution in [1.82, 2.24) is 9.97 Å². The van der Waals surface area contributed by atoms with Crippen LogP contribution in [0.15, 0.2) is 97.3 Å². The van der Waals surface area contributed by atoms with Crippen molar-refractivity contribution in [3.05, 3.63) is 114 Å². The number of aromatic amines is 1. The Morgan fingerprint density at radius 1 is 0.912 bits per heavy atom. The molecule has 0 atom stereocenters. The topological polar surface area (TPSA) is 108 Å². The molecule has 0 saturated carbocycles. The van der Waals surface area contributed by atoms with Gasteiger partial charge in [-0.2, -0.15) is 0 Å². The number of para-hydroxylation sites is 1. The average Bonchev–Trinajstić information content (AvgIpc) is 3.29. The van der Waals surface area contributed by atoms with Crippen molar-refractivity contribution in [1.29, 1.82) is 5.41 Å². The highest BCUT2D eigenvalue weighted by Gasteiger charge is 2.13. The minimum atomic E-state index is -0.108. The van der Waals surface area contributed by atoms with Crippen LogP contribution in [0.5, 0.6) is 0 Å². The summed E-state index contributed by atoms with van der Waals surface area (Å²) in [5.74, 6) is -0.108. The number of nitrogens with zero attached hydrogens (tertiary/aromatic N) is 1. The Labute approximate surface area is 197 Å². The predicted molar refractivity (Wildman–Crippen MR) is 137 cm³/mol. The first kappa shape index (κ1) is 21.2. The summed E-state index contributed by atoms with van der Waals surface area (Å²) in [4.78, 5) is 20.1. The SMILES string of the molecule is N=C(c1cc2ccccc2[nH]1)c1cc(-c2cncc(NC(=O)Cc3ccccc3)c2)ccc1N. The number of carbonyl (C=O) groups is 1. The van der Waals surface area contributed by atoms with Crippen LogP contribution in [0.4, 0.5) is 11.4 Å². The normalized spacial score (nSPS) is 10.8. The number of nitrogens with one attached hydrogen (secondary N) is 3. The Balaban J connectivity index is 1.39. The molecule has 5 N–H and O–H groups in total. The average molecular weight is 446 g/mol. The Bertz CT molecular complexity index is 1470. The van der Waals surface area contributed by atoms with Crippen LogP contribution in [0, 0.1) is 5.41 Å². The van der Waals surface area contributed by atoms with Crippen molar-refractivity contribution in [3.8, 4) is 11.1 Å². The number of nitrogen functional groups attached to an aromatic ring is 1. The molecule has 5 rings (SSSR count). The number of nitrogens with two attached hydrogens (primary N) is 1. The summed E-state index contributed by atoms with van der Waals surface area (Å²) >= 11 is 0. The Morgan fingerprint density at radius 3 is 2.53 bits per heavy atom. The summed E-state index contributed by atoms with van der Waals surface area (Å²) in [7, 11) is 0. The van der Waals surface area contributed by atoms with E-state index in [1.165, 1.54) is 0 Å². The first-order valence-corrected chi connectivity index (χ1v) is 10.9. The third kappa shape index (κ3) is 4.42. The highest BCUT2D eigenvalue weighted by Crippen LogP contribution is 2.27. The lowest BCUT2D eigenvalue weighted by Crippen LogP contribution is -2.14. The molecule has 0 bridgehead atoms. The third-order valence-electron chi connectivity index (χ3n) is 5.68. The summed E-state index contributed by atoms with van der Waals surface area (Å²) in [6.45, 7) is 0. The fourth-order valence-electron chi connectivity index (χ4n) is 3.96. The summed E-state index contributed by atoms with van der Waals surface area (Å²) in [5.41, 5.74) is 12.6. The maximum atomic E-state index is 12.5. The van der Waals surface area contributed by atoms with Crippen molar-refractivity contribution in [2.75, 3.05) is 11.1 Å². The fourth-order valence-corrected chi connectivity index (χ4v) is 3.96. The van der Waals surface area contributed by atoms with E-state index < -0.39 is 0 Å². The van der Waals surface area contributed by atoms with Gasteiger partial charge in [0.05, 0.1) is 29.7 Å². The maximum absolute atomic E-state index is 12.5. The number of pyridine rings is 1. The first-order valence-electron chi connectivity index (χ1n) is 10.9. The lowest BCUT2D eigenvalue weighted by molar-refractivity contribution is -0.115. The van der Waals surface area contributed by atoms with Gasteiger partial charge in [-0.15, -0.1) is 0 Å². The van der Waals surface area contributed by atoms with Crippen LogP contribution in [-0.2, 0) is 11.2 Å². The van der Waals surface area contributed by atoms with E-state index in [0.717, 1.165) is 27.6 Å². The van der Waals surface area contributed by atoms with Crippen LogP contribution in [0.25, 0.3) is 22.0 Å². The highest BCUT2D eigenvalue weighted by atomic mass is 16.1. The zero-order chi connectivity index (χ0) is 23.5. The Morgan fingerprint density at radius 2 is 1.71 bits per heavy atom. The minimum Gasteiger partial charge on any atom is -0.398 e. The summed E-state index contributed by atoms with van der Waals surface area (Å²) in [5, 5.41) is 12.7. The molecule has 166 valence electrons. The van der Waals surface area contributed by atoms with E-state index in [1.54, 1.807) is 18.5 Å². The molecule has 0 aliphatic rings. The lowest BCUT2D eigenvalue weighted by Gasteiger charge is -2.11. The number of benzene rings is 3. The van der Waals surface area contributed by atoms with Gasteiger partial charge in [-0.25, -0.2) is 0 Å². The predicted octanol–water partition coefficient (Wildman–Crippen LogP) is 5.41. The van der Waals surface area contributed by atoms with Gasteiger partial charge in [-0.1, -0.05) is 54.6 Å². The van der Waals surface area contributed by atoms with Gasteiger partial charge in [0.25, 0.3) is 0 Å². The number of amides is 1. The number of rotatable bonds is 6. The quantitative estimate of drug-likeness (QED) is 0.207. The smallest absolute Gasteiger partial charge is 0.228 e. The molecule has 34 heavy (non-hydrogen) atoms. The monoisotopic (exact) mass is 445 g/mol. The van der Waals surface area contributed by atoms with E-state index in [4.69, 9.17) is 11.1 Å². The fraction of sp³-hybridized carbons (Fsp3) is 0.0357. The molecule has 0 spiro atoms. The van der Waals surface area contributed by atoms with Gasteiger partial charge in [0.1, 0.15) is 0 Å². The molecule has 0 aliphatic heterocycles. The molecule has 6 heteroatoms. The standard InChI is InChI=1S/C28H23N5O/c29-24-11-10-19(14-23(24)28(30)26-15-20-8-4-5-9-25(20)33-26)21-13-22(17-31-16-21)32-27(34)12-18-6-2-1-3-7-18/h1-11,13-17,30,33H,12,29H2,(H,32,34). The largest absolute Gasteiger partial charge is 0.398 e. The van der Waals surface area contributed by atoms with Crippen LogP contribution in [0.1, 0.15) is 16.8 Å². The van der Waals surface area contributed by atoms with Crippen LogP contribution in [0.2, 0.25) is 0 Å². The number of fused-ring (bicyclic) bond motifs is 1. The zero-order valence-corrected chi connectivity index (χ0v) is 18.4. The number of anilines is 2. The van der Waals surface area contributed by atoms with Gasteiger partial charge in [0.2, 0.25) is 5.91 Å². The van der Waals surface area contributed by atoms with Crippen molar-refractivity contribution in [2.45, 2.75) is 6.42 Å².